The highest BCUT2D eigenvalue weighted by molar-refractivity contribution is 6.03. The first-order valence-corrected chi connectivity index (χ1v) is 11.3. The summed E-state index contributed by atoms with van der Waals surface area (Å²) < 4.78 is 25.5. The molecular weight excluding hydrogens is 443 g/mol. The Morgan fingerprint density at radius 1 is 1.38 bits per heavy atom. The van der Waals surface area contributed by atoms with E-state index < -0.39 is 23.7 Å². The van der Waals surface area contributed by atoms with E-state index in [0.29, 0.717) is 26.0 Å². The molecule has 0 radical (unpaired) electrons. The smallest absolute Gasteiger partial charge is 0.270 e. The Hall–Kier alpha value is -3.40. The summed E-state index contributed by atoms with van der Waals surface area (Å²) in [4.78, 5) is 30.9. The normalized spacial score (nSPS) is 15.1. The maximum absolute atomic E-state index is 14.6. The number of carbonyl (C=O) groups is 2. The lowest BCUT2D eigenvalue weighted by molar-refractivity contribution is -0.134. The van der Waals surface area contributed by atoms with E-state index in [-0.39, 0.29) is 42.2 Å². The first kappa shape index (κ1) is 26.8. The van der Waals surface area contributed by atoms with Crippen LogP contribution in [0, 0.1) is 11.7 Å². The van der Waals surface area contributed by atoms with E-state index in [0.717, 1.165) is 0 Å². The highest BCUT2D eigenvalue weighted by Gasteiger charge is 2.35. The number of aliphatic hydroxyl groups is 1. The lowest BCUT2D eigenvalue weighted by Crippen LogP contribution is -2.43. The van der Waals surface area contributed by atoms with E-state index in [2.05, 4.69) is 10.3 Å². The minimum atomic E-state index is -0.848. The Bertz CT molecular complexity index is 945. The molecule has 34 heavy (non-hydrogen) atoms. The minimum Gasteiger partial charge on any atom is -0.491 e. The third-order valence-electron chi connectivity index (χ3n) is 4.81. The predicted molar refractivity (Wildman–Crippen MR) is 127 cm³/mol. The fourth-order valence-electron chi connectivity index (χ4n) is 3.27. The predicted octanol–water partition coefficient (Wildman–Crippen LogP) is 2.11. The largest absolute Gasteiger partial charge is 0.491 e. The Balaban J connectivity index is 2.11. The van der Waals surface area contributed by atoms with Crippen molar-refractivity contribution in [2.24, 2.45) is 16.6 Å². The molecule has 0 saturated carbocycles. The van der Waals surface area contributed by atoms with Crippen molar-refractivity contribution in [2.75, 3.05) is 26.3 Å². The van der Waals surface area contributed by atoms with Crippen molar-refractivity contribution in [3.8, 4) is 11.5 Å². The number of aliphatic imine (C=N–C) groups is 1. The van der Waals surface area contributed by atoms with E-state index in [1.807, 2.05) is 13.8 Å². The summed E-state index contributed by atoms with van der Waals surface area (Å²) in [6.45, 7) is 6.51. The Kier molecular flexibility index (Phi) is 10.5. The van der Waals surface area contributed by atoms with Gasteiger partial charge in [0.1, 0.15) is 17.6 Å². The number of amidine groups is 1. The number of ether oxygens (including phenoxy) is 2. The molecule has 9 nitrogen and oxygen atoms in total. The van der Waals surface area contributed by atoms with Gasteiger partial charge in [0.15, 0.2) is 11.5 Å². The van der Waals surface area contributed by atoms with Gasteiger partial charge in [-0.15, -0.1) is 0 Å². The van der Waals surface area contributed by atoms with Gasteiger partial charge in [0.25, 0.3) is 11.8 Å². The van der Waals surface area contributed by atoms with Gasteiger partial charge in [-0.25, -0.2) is 0 Å². The van der Waals surface area contributed by atoms with Gasteiger partial charge in [-0.05, 0) is 43.9 Å². The number of benzene rings is 1. The molecule has 1 aromatic carbocycles. The maximum atomic E-state index is 14.6. The van der Waals surface area contributed by atoms with Gasteiger partial charge < -0.3 is 30.5 Å². The molecule has 2 amide bonds. The van der Waals surface area contributed by atoms with Crippen LogP contribution in [0.15, 0.2) is 47.3 Å². The van der Waals surface area contributed by atoms with Crippen molar-refractivity contribution >= 4 is 17.6 Å². The van der Waals surface area contributed by atoms with Crippen molar-refractivity contribution in [3.63, 3.8) is 0 Å². The number of rotatable bonds is 13. The number of nitrogens with one attached hydrogen (secondary N) is 1. The third-order valence-corrected chi connectivity index (χ3v) is 4.81. The molecule has 0 fully saturated rings. The Labute approximate surface area is 199 Å². The molecule has 0 unspecified atom stereocenters. The van der Waals surface area contributed by atoms with Crippen LogP contribution in [0.2, 0.25) is 0 Å². The van der Waals surface area contributed by atoms with Crippen molar-refractivity contribution < 1.29 is 28.6 Å². The van der Waals surface area contributed by atoms with Gasteiger partial charge >= 0.3 is 0 Å². The fraction of sp³-hybridized carbons (Fsp3) is 0.458. The minimum absolute atomic E-state index is 0.00571. The summed E-state index contributed by atoms with van der Waals surface area (Å²) in [5.41, 5.74) is 5.83. The standard InChI is InChI=1S/C24H33FN4O5/c1-4-33-19-7-5-8-20(23(19)25)34-17-14-22(31)29(15-17)18(13-16(2)3)24(32)28-21(26)9-11-27-10-6-12-30/h5,7-9,11,14,16,18,27,30H,4,6,10,12-13,15H2,1-3H3,(H2,26,28,32)/b11-9-/t18-/m0/s1. The average molecular weight is 477 g/mol. The summed E-state index contributed by atoms with van der Waals surface area (Å²) in [5, 5.41) is 11.7. The zero-order valence-corrected chi connectivity index (χ0v) is 19.8. The molecule has 0 bridgehead atoms. The maximum Gasteiger partial charge on any atom is 0.270 e. The molecule has 0 spiro atoms. The van der Waals surface area contributed by atoms with Crippen LogP contribution in [0.4, 0.5) is 4.39 Å². The number of hydrogen-bond acceptors (Lipinski definition) is 6. The molecule has 0 aliphatic carbocycles. The second-order valence-corrected chi connectivity index (χ2v) is 8.07. The van der Waals surface area contributed by atoms with Gasteiger partial charge in [-0.2, -0.15) is 9.38 Å². The number of amides is 2. The van der Waals surface area contributed by atoms with Crippen LogP contribution in [0.5, 0.6) is 11.5 Å². The van der Waals surface area contributed by atoms with E-state index in [9.17, 15) is 14.0 Å². The quantitative estimate of drug-likeness (QED) is 0.226. The monoisotopic (exact) mass is 476 g/mol. The summed E-state index contributed by atoms with van der Waals surface area (Å²) in [5.74, 6) is -1.37. The van der Waals surface area contributed by atoms with Gasteiger partial charge in [0, 0.05) is 25.4 Å². The van der Waals surface area contributed by atoms with E-state index in [1.165, 1.54) is 29.2 Å². The average Bonchev–Trinajstić information content (AvgIpc) is 3.14. The van der Waals surface area contributed by atoms with Crippen LogP contribution in [-0.4, -0.2) is 60.0 Å². The zero-order chi connectivity index (χ0) is 25.1. The molecule has 2 rings (SSSR count). The lowest BCUT2D eigenvalue weighted by Gasteiger charge is -2.26. The van der Waals surface area contributed by atoms with Gasteiger partial charge in [-0.1, -0.05) is 19.9 Å². The molecule has 4 N–H and O–H groups in total. The molecule has 1 aliphatic rings. The Morgan fingerprint density at radius 2 is 2.12 bits per heavy atom. The number of nitrogens with zero attached hydrogens (tertiary/aromatic N) is 2. The number of nitrogens with two attached hydrogens (primary N) is 1. The molecule has 0 saturated heterocycles. The molecule has 1 aliphatic heterocycles. The number of aliphatic hydroxyl groups excluding tert-OH is 1. The van der Waals surface area contributed by atoms with Crippen LogP contribution < -0.4 is 20.5 Å². The van der Waals surface area contributed by atoms with Crippen molar-refractivity contribution in [2.45, 2.75) is 39.7 Å². The molecular formula is C24H33FN4O5. The van der Waals surface area contributed by atoms with E-state index >= 15 is 0 Å². The second kappa shape index (κ2) is 13.3. The molecule has 1 heterocycles. The zero-order valence-electron chi connectivity index (χ0n) is 19.8. The van der Waals surface area contributed by atoms with Crippen LogP contribution >= 0.6 is 0 Å². The molecule has 186 valence electrons. The first-order valence-electron chi connectivity index (χ1n) is 11.3. The number of hydrogen-bond donors (Lipinski definition) is 3. The van der Waals surface area contributed by atoms with Crippen LogP contribution in [0.3, 0.4) is 0 Å². The Morgan fingerprint density at radius 3 is 2.79 bits per heavy atom. The second-order valence-electron chi connectivity index (χ2n) is 8.07. The van der Waals surface area contributed by atoms with Crippen LogP contribution in [-0.2, 0) is 9.59 Å². The summed E-state index contributed by atoms with van der Waals surface area (Å²) >= 11 is 0. The summed E-state index contributed by atoms with van der Waals surface area (Å²) in [6.07, 6.45) is 5.17. The van der Waals surface area contributed by atoms with Crippen LogP contribution in [0.1, 0.15) is 33.6 Å². The van der Waals surface area contributed by atoms with Crippen molar-refractivity contribution in [3.05, 3.63) is 48.1 Å². The number of carbonyl (C=O) groups excluding carboxylic acids is 2. The molecule has 1 atom stereocenters. The SMILES string of the molecule is CCOc1cccc(OC2=CC(=O)N([C@@H](CC(C)C)C(=O)N=C(N)/C=C\NCCCO)C2)c1F. The number of halogens is 1. The van der Waals surface area contributed by atoms with Gasteiger partial charge in [-0.3, -0.25) is 9.59 Å². The molecule has 0 aromatic heterocycles. The van der Waals surface area contributed by atoms with Crippen LogP contribution in [0.25, 0.3) is 0 Å². The summed E-state index contributed by atoms with van der Waals surface area (Å²) in [7, 11) is 0. The lowest BCUT2D eigenvalue weighted by atomic mass is 10.0. The van der Waals surface area contributed by atoms with Gasteiger partial charge in [0.2, 0.25) is 5.82 Å². The first-order chi connectivity index (χ1) is 16.3. The van der Waals surface area contributed by atoms with E-state index in [4.69, 9.17) is 20.3 Å². The highest BCUT2D eigenvalue weighted by atomic mass is 19.1. The highest BCUT2D eigenvalue weighted by Crippen LogP contribution is 2.29. The van der Waals surface area contributed by atoms with Gasteiger partial charge in [0.05, 0.1) is 13.2 Å². The van der Waals surface area contributed by atoms with Crippen molar-refractivity contribution in [1.82, 2.24) is 10.2 Å². The topological polar surface area (TPSA) is 126 Å². The molecule has 10 heteroatoms. The van der Waals surface area contributed by atoms with E-state index in [1.54, 1.807) is 19.2 Å². The summed E-state index contributed by atoms with van der Waals surface area (Å²) in [6, 6.07) is 3.67. The van der Waals surface area contributed by atoms with Crippen molar-refractivity contribution in [1.29, 1.82) is 0 Å². The molecule has 1 aromatic rings. The third kappa shape index (κ3) is 7.87. The fourth-order valence-corrected chi connectivity index (χ4v) is 3.27.